The Kier molecular flexibility index (Phi) is 5.73. The zero-order valence-corrected chi connectivity index (χ0v) is 11.1. The van der Waals surface area contributed by atoms with Crippen molar-refractivity contribution in [3.8, 4) is 0 Å². The molecule has 1 aromatic rings. The Morgan fingerprint density at radius 1 is 1.41 bits per heavy atom. The number of rotatable bonds is 7. The molecule has 0 unspecified atom stereocenters. The first kappa shape index (κ1) is 13.7. The number of nitrogens with zero attached hydrogens (tertiary/aromatic N) is 2. The van der Waals surface area contributed by atoms with E-state index in [2.05, 4.69) is 24.1 Å². The summed E-state index contributed by atoms with van der Waals surface area (Å²) in [6, 6.07) is 0. The van der Waals surface area contributed by atoms with E-state index in [-0.39, 0.29) is 5.56 Å². The van der Waals surface area contributed by atoms with Crippen LogP contribution in [0.5, 0.6) is 0 Å². The number of nitrogens with one attached hydrogen (secondary N) is 1. The van der Waals surface area contributed by atoms with Gasteiger partial charge >= 0.3 is 0 Å². The Labute approximate surface area is 103 Å². The van der Waals surface area contributed by atoms with Crippen molar-refractivity contribution in [1.82, 2.24) is 9.55 Å². The second-order valence-electron chi connectivity index (χ2n) is 4.68. The van der Waals surface area contributed by atoms with Crippen molar-refractivity contribution in [3.05, 3.63) is 22.7 Å². The molecule has 4 nitrogen and oxygen atoms in total. The molecule has 0 saturated carbocycles. The van der Waals surface area contributed by atoms with E-state index in [1.54, 1.807) is 17.0 Å². The summed E-state index contributed by atoms with van der Waals surface area (Å²) in [4.78, 5) is 15.9. The third kappa shape index (κ3) is 4.59. The van der Waals surface area contributed by atoms with E-state index in [0.29, 0.717) is 12.4 Å². The van der Waals surface area contributed by atoms with Crippen molar-refractivity contribution >= 4 is 5.82 Å². The second-order valence-corrected chi connectivity index (χ2v) is 4.68. The number of aromatic nitrogens is 2. The van der Waals surface area contributed by atoms with Crippen molar-refractivity contribution in [3.63, 3.8) is 0 Å². The summed E-state index contributed by atoms with van der Waals surface area (Å²) < 4.78 is 1.66. The molecule has 0 bridgehead atoms. The number of unbranched alkanes of at least 4 members (excludes halogenated alkanes) is 1. The van der Waals surface area contributed by atoms with Crippen molar-refractivity contribution < 1.29 is 0 Å². The first-order chi connectivity index (χ1) is 8.15. The molecule has 0 spiro atoms. The summed E-state index contributed by atoms with van der Waals surface area (Å²) in [5.74, 6) is 1.22. The third-order valence-electron chi connectivity index (χ3n) is 2.76. The van der Waals surface area contributed by atoms with Gasteiger partial charge < -0.3 is 9.88 Å². The van der Waals surface area contributed by atoms with Crippen molar-refractivity contribution in [2.75, 3.05) is 11.9 Å². The van der Waals surface area contributed by atoms with Gasteiger partial charge in [-0.25, -0.2) is 4.98 Å². The van der Waals surface area contributed by atoms with Gasteiger partial charge in [-0.2, -0.15) is 0 Å². The van der Waals surface area contributed by atoms with Gasteiger partial charge in [-0.1, -0.05) is 26.7 Å². The molecular formula is C13H23N3O. The largest absolute Gasteiger partial charge is 0.365 e. The van der Waals surface area contributed by atoms with Crippen LogP contribution in [0.1, 0.15) is 40.0 Å². The fraction of sp³-hybridized carbons (Fsp3) is 0.692. The Balaban J connectivity index is 2.39. The SMILES string of the molecule is CCn1ccnc(NCCCCC(C)C)c1=O. The molecule has 17 heavy (non-hydrogen) atoms. The molecule has 0 radical (unpaired) electrons. The van der Waals surface area contributed by atoms with Crippen LogP contribution in [-0.4, -0.2) is 16.1 Å². The summed E-state index contributed by atoms with van der Waals surface area (Å²) in [6.07, 6.45) is 6.90. The fourth-order valence-electron chi connectivity index (χ4n) is 1.70. The van der Waals surface area contributed by atoms with Gasteiger partial charge in [0, 0.05) is 25.5 Å². The van der Waals surface area contributed by atoms with Gasteiger partial charge in [0.25, 0.3) is 5.56 Å². The molecule has 0 fully saturated rings. The predicted molar refractivity (Wildman–Crippen MR) is 71.3 cm³/mol. The summed E-state index contributed by atoms with van der Waals surface area (Å²) >= 11 is 0. The first-order valence-corrected chi connectivity index (χ1v) is 6.44. The Morgan fingerprint density at radius 3 is 2.82 bits per heavy atom. The van der Waals surface area contributed by atoms with E-state index >= 15 is 0 Å². The van der Waals surface area contributed by atoms with Crippen molar-refractivity contribution in [2.45, 2.75) is 46.6 Å². The maximum Gasteiger partial charge on any atom is 0.293 e. The van der Waals surface area contributed by atoms with Crippen LogP contribution in [-0.2, 0) is 6.54 Å². The lowest BCUT2D eigenvalue weighted by molar-refractivity contribution is 0.544. The van der Waals surface area contributed by atoms with E-state index in [4.69, 9.17) is 0 Å². The predicted octanol–water partition coefficient (Wildman–Crippen LogP) is 2.50. The van der Waals surface area contributed by atoms with Crippen molar-refractivity contribution in [1.29, 1.82) is 0 Å². The Bertz CT molecular complexity index is 384. The fourth-order valence-corrected chi connectivity index (χ4v) is 1.70. The van der Waals surface area contributed by atoms with Gasteiger partial charge in [0.2, 0.25) is 0 Å². The molecule has 0 amide bonds. The van der Waals surface area contributed by atoms with Gasteiger partial charge in [0.05, 0.1) is 0 Å². The van der Waals surface area contributed by atoms with Crippen LogP contribution in [0.3, 0.4) is 0 Å². The molecule has 0 aliphatic carbocycles. The van der Waals surface area contributed by atoms with E-state index in [1.807, 2.05) is 6.92 Å². The molecule has 1 N–H and O–H groups in total. The average molecular weight is 237 g/mol. The lowest BCUT2D eigenvalue weighted by atomic mass is 10.1. The Hall–Kier alpha value is -1.32. The molecule has 1 rings (SSSR count). The lowest BCUT2D eigenvalue weighted by Gasteiger charge is -2.08. The molecular weight excluding hydrogens is 214 g/mol. The topological polar surface area (TPSA) is 46.9 Å². The molecule has 4 heteroatoms. The van der Waals surface area contributed by atoms with Gasteiger partial charge in [0.15, 0.2) is 5.82 Å². The number of aryl methyl sites for hydroxylation is 1. The summed E-state index contributed by atoms with van der Waals surface area (Å²) in [5, 5.41) is 3.12. The first-order valence-electron chi connectivity index (χ1n) is 6.44. The van der Waals surface area contributed by atoms with E-state index < -0.39 is 0 Å². The molecule has 0 aliphatic heterocycles. The molecule has 0 aromatic carbocycles. The van der Waals surface area contributed by atoms with Crippen LogP contribution < -0.4 is 10.9 Å². The molecule has 1 heterocycles. The monoisotopic (exact) mass is 237 g/mol. The normalized spacial score (nSPS) is 10.8. The van der Waals surface area contributed by atoms with E-state index in [9.17, 15) is 4.79 Å². The maximum absolute atomic E-state index is 11.8. The van der Waals surface area contributed by atoms with E-state index in [1.165, 1.54) is 12.8 Å². The highest BCUT2D eigenvalue weighted by atomic mass is 16.1. The molecule has 0 atom stereocenters. The second kappa shape index (κ2) is 7.09. The van der Waals surface area contributed by atoms with Crippen LogP contribution in [0.25, 0.3) is 0 Å². The molecule has 0 saturated heterocycles. The minimum absolute atomic E-state index is 0.0288. The third-order valence-corrected chi connectivity index (χ3v) is 2.76. The number of hydrogen-bond acceptors (Lipinski definition) is 3. The van der Waals surface area contributed by atoms with Crippen molar-refractivity contribution in [2.24, 2.45) is 5.92 Å². The average Bonchev–Trinajstić information content (AvgIpc) is 2.30. The quantitative estimate of drug-likeness (QED) is 0.741. The smallest absolute Gasteiger partial charge is 0.293 e. The zero-order valence-electron chi connectivity index (χ0n) is 11.1. The van der Waals surface area contributed by atoms with Crippen LogP contribution in [0.4, 0.5) is 5.82 Å². The summed E-state index contributed by atoms with van der Waals surface area (Å²) in [6.45, 7) is 7.91. The minimum atomic E-state index is -0.0288. The summed E-state index contributed by atoms with van der Waals surface area (Å²) in [7, 11) is 0. The highest BCUT2D eigenvalue weighted by Gasteiger charge is 2.02. The maximum atomic E-state index is 11.8. The highest BCUT2D eigenvalue weighted by Crippen LogP contribution is 2.06. The number of anilines is 1. The van der Waals surface area contributed by atoms with Crippen LogP contribution >= 0.6 is 0 Å². The van der Waals surface area contributed by atoms with Crippen LogP contribution in [0.15, 0.2) is 17.2 Å². The van der Waals surface area contributed by atoms with Gasteiger partial charge in [-0.3, -0.25) is 4.79 Å². The van der Waals surface area contributed by atoms with Gasteiger partial charge in [-0.15, -0.1) is 0 Å². The molecule has 0 aliphatic rings. The standard InChI is InChI=1S/C13H23N3O/c1-4-16-10-9-15-12(13(16)17)14-8-6-5-7-11(2)3/h9-11H,4-8H2,1-3H3,(H,14,15). The van der Waals surface area contributed by atoms with Crippen LogP contribution in [0.2, 0.25) is 0 Å². The van der Waals surface area contributed by atoms with E-state index in [0.717, 1.165) is 18.9 Å². The number of hydrogen-bond donors (Lipinski definition) is 1. The molecule has 96 valence electrons. The Morgan fingerprint density at radius 2 is 2.18 bits per heavy atom. The zero-order chi connectivity index (χ0) is 12.7. The lowest BCUT2D eigenvalue weighted by Crippen LogP contribution is -2.24. The molecule has 1 aromatic heterocycles. The van der Waals surface area contributed by atoms with Gasteiger partial charge in [0.1, 0.15) is 0 Å². The van der Waals surface area contributed by atoms with Crippen LogP contribution in [0, 0.1) is 5.92 Å². The van der Waals surface area contributed by atoms with Gasteiger partial charge in [-0.05, 0) is 19.3 Å². The minimum Gasteiger partial charge on any atom is -0.365 e. The highest BCUT2D eigenvalue weighted by molar-refractivity contribution is 5.30. The summed E-state index contributed by atoms with van der Waals surface area (Å²) in [5.41, 5.74) is -0.0288.